The number of anilines is 1. The number of para-hydroxylation sites is 1. The van der Waals surface area contributed by atoms with Gasteiger partial charge in [-0.25, -0.2) is 8.78 Å². The number of benzene rings is 3. The summed E-state index contributed by atoms with van der Waals surface area (Å²) in [6.07, 6.45) is 8.94. The van der Waals surface area contributed by atoms with Crippen LogP contribution < -0.4 is 25.6 Å². The fourth-order valence-corrected chi connectivity index (χ4v) is 5.77. The van der Waals surface area contributed by atoms with E-state index in [1.807, 2.05) is 60.7 Å². The Labute approximate surface area is 333 Å². The van der Waals surface area contributed by atoms with Crippen LogP contribution in [0.5, 0.6) is 5.75 Å². The van der Waals surface area contributed by atoms with Crippen LogP contribution in [-0.4, -0.2) is 75.2 Å². The second-order valence-corrected chi connectivity index (χ2v) is 13.0. The van der Waals surface area contributed by atoms with Crippen LogP contribution in [0.25, 0.3) is 12.2 Å². The molecule has 0 saturated heterocycles. The molecular weight excluding hydrogens is 764 g/mol. The van der Waals surface area contributed by atoms with Gasteiger partial charge in [-0.15, -0.1) is 6.42 Å². The van der Waals surface area contributed by atoms with E-state index >= 15 is 0 Å². The first kappa shape index (κ1) is 44.7. The Kier molecular flexibility index (Phi) is 17.9. The highest BCUT2D eigenvalue weighted by Crippen LogP contribution is 2.30. The number of rotatable bonds is 21. The molecule has 1 atom stereocenters. The Balaban J connectivity index is 1.25. The summed E-state index contributed by atoms with van der Waals surface area (Å²) in [5.74, 6) is -9.71. The summed E-state index contributed by atoms with van der Waals surface area (Å²) in [5.41, 5.74) is 3.71. The summed E-state index contributed by atoms with van der Waals surface area (Å²) in [5, 5.41) is 7.70. The van der Waals surface area contributed by atoms with E-state index < -0.39 is 65.2 Å². The lowest BCUT2D eigenvalue weighted by molar-refractivity contribution is -0.135. The highest BCUT2D eigenvalue weighted by Gasteiger charge is 2.25. The molecule has 0 radical (unpaired) electrons. The number of halogens is 4. The quantitative estimate of drug-likeness (QED) is 0.0341. The molecule has 0 aromatic heterocycles. The van der Waals surface area contributed by atoms with Crippen LogP contribution in [0.2, 0.25) is 0 Å². The van der Waals surface area contributed by atoms with Crippen molar-refractivity contribution in [3.8, 4) is 18.1 Å². The molecular formula is C42H44F4N4O8. The van der Waals surface area contributed by atoms with Crippen molar-refractivity contribution in [2.75, 3.05) is 44.4 Å². The minimum atomic E-state index is -1.89. The minimum absolute atomic E-state index is 0.0336. The summed E-state index contributed by atoms with van der Waals surface area (Å²) in [6, 6.07) is 14.2. The van der Waals surface area contributed by atoms with Crippen molar-refractivity contribution in [1.82, 2.24) is 16.0 Å². The molecule has 12 nitrogen and oxygen atoms in total. The summed E-state index contributed by atoms with van der Waals surface area (Å²) < 4.78 is 69.6. The molecule has 3 N–H and O–H groups in total. The van der Waals surface area contributed by atoms with Gasteiger partial charge in [-0.2, -0.15) is 8.78 Å². The third-order valence-corrected chi connectivity index (χ3v) is 8.73. The number of hydrogen-bond acceptors (Lipinski definition) is 8. The van der Waals surface area contributed by atoms with Gasteiger partial charge in [0.15, 0.2) is 11.6 Å². The van der Waals surface area contributed by atoms with Crippen LogP contribution in [0.1, 0.15) is 61.6 Å². The van der Waals surface area contributed by atoms with Crippen molar-refractivity contribution in [2.45, 2.75) is 57.5 Å². The second-order valence-electron chi connectivity index (χ2n) is 13.0. The van der Waals surface area contributed by atoms with Crippen molar-refractivity contribution in [2.24, 2.45) is 0 Å². The number of amides is 4. The largest absolute Gasteiger partial charge is 0.420 e. The molecule has 4 rings (SSSR count). The third-order valence-electron chi connectivity index (χ3n) is 8.73. The Morgan fingerprint density at radius 2 is 1.41 bits per heavy atom. The van der Waals surface area contributed by atoms with Crippen LogP contribution in [0.4, 0.5) is 23.2 Å². The van der Waals surface area contributed by atoms with Crippen LogP contribution in [-0.2, 0) is 40.0 Å². The molecule has 4 amide bonds. The Hall–Kier alpha value is -6.05. The molecule has 0 saturated carbocycles. The van der Waals surface area contributed by atoms with Gasteiger partial charge in [0.05, 0.1) is 32.1 Å². The zero-order valence-electron chi connectivity index (χ0n) is 31.6. The van der Waals surface area contributed by atoms with Gasteiger partial charge in [-0.05, 0) is 42.0 Å². The number of terminal acetylenes is 1. The highest BCUT2D eigenvalue weighted by molar-refractivity contribution is 5.97. The first-order chi connectivity index (χ1) is 28.0. The number of ether oxygens (including phenoxy) is 3. The number of fused-ring (bicyclic) bond motifs is 2. The van der Waals surface area contributed by atoms with E-state index in [-0.39, 0.29) is 77.2 Å². The monoisotopic (exact) mass is 808 g/mol. The smallest absolute Gasteiger partial charge is 0.311 e. The third kappa shape index (κ3) is 13.9. The summed E-state index contributed by atoms with van der Waals surface area (Å²) >= 11 is 0. The number of unbranched alkanes of at least 4 members (excludes halogenated alkanes) is 1. The lowest BCUT2D eigenvalue weighted by Crippen LogP contribution is -2.53. The van der Waals surface area contributed by atoms with Crippen molar-refractivity contribution < 1.29 is 55.7 Å². The highest BCUT2D eigenvalue weighted by atomic mass is 19.2. The maximum atomic E-state index is 13.9. The van der Waals surface area contributed by atoms with Gasteiger partial charge >= 0.3 is 5.97 Å². The average molecular weight is 809 g/mol. The normalized spacial score (nSPS) is 12.8. The van der Waals surface area contributed by atoms with E-state index in [9.17, 15) is 41.5 Å². The SMILES string of the molecule is C#CCOCCOCCNC(=O)C(CNC(=O)CCCCC(=O)N1Cc2ccccc2/C=C\c2ccccc21)NC(=O)CCCC(=O)Oc1c(F)c(F)cc(F)c1F. The van der Waals surface area contributed by atoms with E-state index in [4.69, 9.17) is 15.9 Å². The van der Waals surface area contributed by atoms with Crippen LogP contribution >= 0.6 is 0 Å². The minimum Gasteiger partial charge on any atom is -0.420 e. The standard InChI is InChI=1S/C42H44F4N4O8/c1-2-21-56-23-24-57-22-20-47-42(55)33(49-36(52)15-9-17-38(54)58-41-39(45)31(43)25-32(44)40(41)46)26-48-35(51)14-7-8-16-37(53)50-27-30-12-4-3-10-28(30)18-19-29-11-5-6-13-34(29)50/h1,3-6,10-13,18-19,25,33H,7-9,14-17,20-24,26-27H2,(H,47,55)(H,48,51)(H,49,52)/b19-18-. The summed E-state index contributed by atoms with van der Waals surface area (Å²) in [7, 11) is 0. The molecule has 3 aromatic carbocycles. The molecule has 3 aromatic rings. The number of carbonyl (C=O) groups is 5. The van der Waals surface area contributed by atoms with E-state index in [2.05, 4.69) is 26.6 Å². The number of nitrogens with zero attached hydrogens (tertiary/aromatic N) is 1. The van der Waals surface area contributed by atoms with Crippen molar-refractivity contribution in [3.05, 3.63) is 94.6 Å². The topological polar surface area (TPSA) is 152 Å². The molecule has 16 heteroatoms. The fourth-order valence-electron chi connectivity index (χ4n) is 5.77. The molecule has 58 heavy (non-hydrogen) atoms. The van der Waals surface area contributed by atoms with E-state index in [0.29, 0.717) is 19.4 Å². The van der Waals surface area contributed by atoms with Gasteiger partial charge in [0, 0.05) is 44.8 Å². The van der Waals surface area contributed by atoms with Gasteiger partial charge in [0.25, 0.3) is 0 Å². The van der Waals surface area contributed by atoms with Gasteiger partial charge in [0.2, 0.25) is 41.0 Å². The molecule has 1 unspecified atom stereocenters. The van der Waals surface area contributed by atoms with E-state index in [1.165, 1.54) is 0 Å². The van der Waals surface area contributed by atoms with Gasteiger partial charge in [0.1, 0.15) is 12.6 Å². The molecule has 308 valence electrons. The second kappa shape index (κ2) is 23.2. The predicted octanol–water partition coefficient (Wildman–Crippen LogP) is 4.98. The van der Waals surface area contributed by atoms with Crippen LogP contribution in [0.15, 0.2) is 54.6 Å². The lowest BCUT2D eigenvalue weighted by Gasteiger charge is -2.27. The molecule has 0 aliphatic carbocycles. The molecule has 1 aliphatic heterocycles. The van der Waals surface area contributed by atoms with E-state index in [0.717, 1.165) is 22.4 Å². The Bertz CT molecular complexity index is 1980. The molecule has 0 bridgehead atoms. The Morgan fingerprint density at radius 1 is 0.759 bits per heavy atom. The number of hydrogen-bond donors (Lipinski definition) is 3. The number of esters is 1. The van der Waals surface area contributed by atoms with Crippen LogP contribution in [0, 0.1) is 35.6 Å². The van der Waals surface area contributed by atoms with Crippen molar-refractivity contribution in [3.63, 3.8) is 0 Å². The van der Waals surface area contributed by atoms with Crippen LogP contribution in [0.3, 0.4) is 0 Å². The number of carbonyl (C=O) groups excluding carboxylic acids is 5. The fraction of sp³-hybridized carbons (Fsp3) is 0.357. The Morgan fingerprint density at radius 3 is 2.17 bits per heavy atom. The first-order valence-corrected chi connectivity index (χ1v) is 18.6. The summed E-state index contributed by atoms with van der Waals surface area (Å²) in [6.45, 7) is 0.807. The lowest BCUT2D eigenvalue weighted by atomic mass is 10.0. The van der Waals surface area contributed by atoms with Gasteiger partial charge in [-0.3, -0.25) is 24.0 Å². The maximum Gasteiger partial charge on any atom is 0.311 e. The van der Waals surface area contributed by atoms with Crippen molar-refractivity contribution in [1.29, 1.82) is 0 Å². The molecule has 0 fully saturated rings. The molecule has 0 spiro atoms. The maximum absolute atomic E-state index is 13.9. The average Bonchev–Trinajstić information content (AvgIpc) is 3.20. The van der Waals surface area contributed by atoms with Crippen molar-refractivity contribution >= 4 is 47.4 Å². The van der Waals surface area contributed by atoms with Gasteiger partial charge in [-0.1, -0.05) is 60.5 Å². The zero-order chi connectivity index (χ0) is 41.9. The van der Waals surface area contributed by atoms with Gasteiger partial charge < -0.3 is 35.1 Å². The number of nitrogens with one attached hydrogen (secondary N) is 3. The van der Waals surface area contributed by atoms with E-state index in [1.54, 1.807) is 4.90 Å². The first-order valence-electron chi connectivity index (χ1n) is 18.6. The molecule has 1 heterocycles. The summed E-state index contributed by atoms with van der Waals surface area (Å²) in [4.78, 5) is 66.0. The zero-order valence-corrected chi connectivity index (χ0v) is 31.6. The predicted molar refractivity (Wildman–Crippen MR) is 206 cm³/mol. The molecule has 1 aliphatic rings.